The third-order valence-corrected chi connectivity index (χ3v) is 14.2. The van der Waals surface area contributed by atoms with E-state index >= 15 is 0 Å². The van der Waals surface area contributed by atoms with Crippen molar-refractivity contribution in [1.82, 2.24) is 33.2 Å². The summed E-state index contributed by atoms with van der Waals surface area (Å²) in [5.74, 6) is 1.73. The van der Waals surface area contributed by atoms with E-state index in [0.717, 1.165) is 99.3 Å². The van der Waals surface area contributed by atoms with Crippen molar-refractivity contribution < 1.29 is 0 Å². The minimum atomic E-state index is 0.537. The first-order valence-electron chi connectivity index (χ1n) is 23.7. The van der Waals surface area contributed by atoms with Gasteiger partial charge in [-0.05, 0) is 72.8 Å². The second-order valence-corrected chi connectivity index (χ2v) is 18.0. The van der Waals surface area contributed by atoms with Crippen molar-refractivity contribution in [1.29, 1.82) is 0 Å². The minimum Gasteiger partial charge on any atom is -0.309 e. The second-order valence-electron chi connectivity index (χ2n) is 18.0. The maximum Gasteiger partial charge on any atom is 0.238 e. The number of para-hydroxylation sites is 6. The summed E-state index contributed by atoms with van der Waals surface area (Å²) in [5, 5.41) is 9.18. The van der Waals surface area contributed by atoms with Crippen LogP contribution in [0.2, 0.25) is 0 Å². The van der Waals surface area contributed by atoms with E-state index in [2.05, 4.69) is 237 Å². The molecule has 15 rings (SSSR count). The SMILES string of the molecule is c1ccc(-c2nc(-c3cccc4c3c3ccccc3n4-c3ccccc3)nc(-n3c4ccc(-n5c6ccccc6c6ccccc65)cc4c4ccc5c6ccccc6n(-c6ccccc6)c5c43)n2)cc1. The second kappa shape index (κ2) is 15.0. The van der Waals surface area contributed by atoms with E-state index in [4.69, 9.17) is 15.0 Å². The van der Waals surface area contributed by atoms with Crippen LogP contribution in [0.15, 0.2) is 237 Å². The molecule has 0 aliphatic rings. The van der Waals surface area contributed by atoms with Crippen LogP contribution in [0.5, 0.6) is 0 Å². The van der Waals surface area contributed by atoms with Crippen LogP contribution in [0.3, 0.4) is 0 Å². The summed E-state index contributed by atoms with van der Waals surface area (Å²) in [4.78, 5) is 16.5. The molecule has 0 N–H and O–H groups in total. The molecule has 326 valence electrons. The Balaban J connectivity index is 1.09. The lowest BCUT2D eigenvalue weighted by atomic mass is 10.1. The Bertz CT molecular complexity index is 4520. The van der Waals surface area contributed by atoms with Crippen molar-refractivity contribution in [3.63, 3.8) is 0 Å². The Kier molecular flexibility index (Phi) is 8.23. The van der Waals surface area contributed by atoms with E-state index in [-0.39, 0.29) is 0 Å². The predicted molar refractivity (Wildman–Crippen MR) is 288 cm³/mol. The van der Waals surface area contributed by atoms with Crippen LogP contribution in [0, 0.1) is 0 Å². The van der Waals surface area contributed by atoms with E-state index in [1.165, 1.54) is 16.2 Å². The van der Waals surface area contributed by atoms with Crippen LogP contribution in [0.1, 0.15) is 0 Å². The molecular formula is C63H39N7. The Morgan fingerprint density at radius 1 is 0.257 bits per heavy atom. The predicted octanol–water partition coefficient (Wildman–Crippen LogP) is 15.6. The lowest BCUT2D eigenvalue weighted by molar-refractivity contribution is 0.954. The van der Waals surface area contributed by atoms with Crippen LogP contribution in [0.25, 0.3) is 133 Å². The highest BCUT2D eigenvalue weighted by atomic mass is 15.2. The summed E-state index contributed by atoms with van der Waals surface area (Å²) >= 11 is 0. The number of nitrogens with zero attached hydrogens (tertiary/aromatic N) is 7. The molecule has 0 unspecified atom stereocenters. The lowest BCUT2D eigenvalue weighted by Gasteiger charge is -2.14. The van der Waals surface area contributed by atoms with Crippen LogP contribution in [0.4, 0.5) is 0 Å². The first-order chi connectivity index (χ1) is 34.8. The number of rotatable bonds is 6. The highest BCUT2D eigenvalue weighted by Crippen LogP contribution is 2.44. The standard InChI is InChI=1S/C63H39N7/c1-4-19-40(20-5-1)61-64-62(50-29-18-34-57-58(50)49-28-13-17-33-55(49)67(57)41-21-6-2-7-22-41)66-63(65-61)70-56-38-35-43(68-52-30-14-10-25-44(52)45-26-11-15-31-53(45)68)39-51(56)48-37-36-47-46-27-12-16-32-54(46)69(59(47)60(48)70)42-23-8-3-9-24-42/h1-39H. The molecule has 0 aliphatic heterocycles. The van der Waals surface area contributed by atoms with Gasteiger partial charge >= 0.3 is 0 Å². The van der Waals surface area contributed by atoms with Gasteiger partial charge in [0.25, 0.3) is 0 Å². The fourth-order valence-electron chi connectivity index (χ4n) is 11.3. The maximum absolute atomic E-state index is 5.65. The summed E-state index contributed by atoms with van der Waals surface area (Å²) in [6, 6.07) is 84.3. The lowest BCUT2D eigenvalue weighted by Crippen LogP contribution is -2.07. The summed E-state index contributed by atoms with van der Waals surface area (Å²) in [6.45, 7) is 0. The van der Waals surface area contributed by atoms with E-state index < -0.39 is 0 Å². The van der Waals surface area contributed by atoms with Crippen molar-refractivity contribution in [3.05, 3.63) is 237 Å². The van der Waals surface area contributed by atoms with Crippen molar-refractivity contribution in [2.24, 2.45) is 0 Å². The molecule has 0 saturated carbocycles. The number of fused-ring (bicyclic) bond motifs is 13. The van der Waals surface area contributed by atoms with Crippen molar-refractivity contribution in [3.8, 4) is 45.8 Å². The van der Waals surface area contributed by atoms with Gasteiger partial charge in [0.1, 0.15) is 0 Å². The highest BCUT2D eigenvalue weighted by molar-refractivity contribution is 6.24. The smallest absolute Gasteiger partial charge is 0.238 e. The Hall–Kier alpha value is -9.59. The molecule has 7 nitrogen and oxygen atoms in total. The van der Waals surface area contributed by atoms with Crippen LogP contribution in [-0.4, -0.2) is 33.2 Å². The van der Waals surface area contributed by atoms with Crippen LogP contribution in [-0.2, 0) is 0 Å². The molecule has 10 aromatic carbocycles. The Morgan fingerprint density at radius 3 is 1.37 bits per heavy atom. The molecule has 0 bridgehead atoms. The highest BCUT2D eigenvalue weighted by Gasteiger charge is 2.26. The van der Waals surface area contributed by atoms with E-state index in [1.807, 2.05) is 18.2 Å². The normalized spacial score (nSPS) is 12.0. The molecule has 0 atom stereocenters. The number of hydrogen-bond acceptors (Lipinski definition) is 3. The van der Waals surface area contributed by atoms with Gasteiger partial charge in [0.15, 0.2) is 11.6 Å². The number of benzene rings is 10. The Labute approximate surface area is 401 Å². The average molecular weight is 894 g/mol. The molecule has 0 aliphatic carbocycles. The molecular weight excluding hydrogens is 855 g/mol. The zero-order valence-electron chi connectivity index (χ0n) is 37.6. The van der Waals surface area contributed by atoms with Crippen LogP contribution < -0.4 is 0 Å². The molecule has 5 heterocycles. The minimum absolute atomic E-state index is 0.537. The van der Waals surface area contributed by atoms with Gasteiger partial charge in [0.2, 0.25) is 5.95 Å². The van der Waals surface area contributed by atoms with Crippen molar-refractivity contribution in [2.45, 2.75) is 0 Å². The molecule has 0 amide bonds. The van der Waals surface area contributed by atoms with Gasteiger partial charge in [-0.2, -0.15) is 9.97 Å². The molecule has 5 aromatic heterocycles. The summed E-state index contributed by atoms with van der Waals surface area (Å²) in [5.41, 5.74) is 13.8. The molecule has 0 fully saturated rings. The topological polar surface area (TPSA) is 58.4 Å². The first kappa shape index (κ1) is 38.5. The maximum atomic E-state index is 5.65. The monoisotopic (exact) mass is 893 g/mol. The molecule has 0 radical (unpaired) electrons. The van der Waals surface area contributed by atoms with Crippen molar-refractivity contribution in [2.75, 3.05) is 0 Å². The van der Waals surface area contributed by atoms with Crippen LogP contribution >= 0.6 is 0 Å². The van der Waals surface area contributed by atoms with Gasteiger partial charge in [-0.3, -0.25) is 4.57 Å². The van der Waals surface area contributed by atoms with Crippen molar-refractivity contribution >= 4 is 87.2 Å². The summed E-state index contributed by atoms with van der Waals surface area (Å²) in [6.07, 6.45) is 0. The van der Waals surface area contributed by atoms with Gasteiger partial charge in [-0.1, -0.05) is 164 Å². The van der Waals surface area contributed by atoms with E-state index in [1.54, 1.807) is 0 Å². The quantitative estimate of drug-likeness (QED) is 0.167. The fourth-order valence-corrected chi connectivity index (χ4v) is 11.3. The Morgan fingerprint density at radius 2 is 0.714 bits per heavy atom. The van der Waals surface area contributed by atoms with E-state index in [9.17, 15) is 0 Å². The summed E-state index contributed by atoms with van der Waals surface area (Å²) in [7, 11) is 0. The number of hydrogen-bond donors (Lipinski definition) is 0. The van der Waals surface area contributed by atoms with Gasteiger partial charge in [-0.25, -0.2) is 4.98 Å². The third-order valence-electron chi connectivity index (χ3n) is 14.2. The fraction of sp³-hybridized carbons (Fsp3) is 0. The largest absolute Gasteiger partial charge is 0.309 e. The van der Waals surface area contributed by atoms with Gasteiger partial charge in [-0.15, -0.1) is 0 Å². The average Bonchev–Trinajstić information content (AvgIpc) is 4.16. The molecule has 7 heteroatoms. The third kappa shape index (κ3) is 5.54. The van der Waals surface area contributed by atoms with E-state index in [0.29, 0.717) is 17.6 Å². The number of aromatic nitrogens is 7. The zero-order valence-corrected chi connectivity index (χ0v) is 37.6. The molecule has 0 saturated heterocycles. The molecule has 70 heavy (non-hydrogen) atoms. The van der Waals surface area contributed by atoms with Gasteiger partial charge in [0.05, 0.1) is 44.1 Å². The zero-order chi connectivity index (χ0) is 45.9. The molecule has 0 spiro atoms. The van der Waals surface area contributed by atoms with Gasteiger partial charge in [0, 0.05) is 71.3 Å². The van der Waals surface area contributed by atoms with Gasteiger partial charge < -0.3 is 13.7 Å². The summed E-state index contributed by atoms with van der Waals surface area (Å²) < 4.78 is 9.45. The first-order valence-corrected chi connectivity index (χ1v) is 23.7. The molecule has 15 aromatic rings.